The zero-order valence-corrected chi connectivity index (χ0v) is 14.5. The third-order valence-electron chi connectivity index (χ3n) is 3.34. The summed E-state index contributed by atoms with van der Waals surface area (Å²) < 4.78 is 34.7. The van der Waals surface area contributed by atoms with Gasteiger partial charge in [-0.15, -0.1) is 0 Å². The van der Waals surface area contributed by atoms with Gasteiger partial charge >= 0.3 is 5.76 Å². The van der Waals surface area contributed by atoms with Crippen molar-refractivity contribution in [2.24, 2.45) is 0 Å². The molecule has 120 valence electrons. The van der Waals surface area contributed by atoms with Gasteiger partial charge in [-0.2, -0.15) is 0 Å². The number of oxazole rings is 1. The SMILES string of the molecule is CCn1c(=O)oc2cc(S(=O)(=O)Nc3cccc(Br)c3)ccc21. The van der Waals surface area contributed by atoms with Crippen LogP contribution in [0.1, 0.15) is 6.92 Å². The molecule has 0 amide bonds. The molecular formula is C15H13BrN2O4S. The van der Waals surface area contributed by atoms with Gasteiger partial charge in [0.15, 0.2) is 5.58 Å². The highest BCUT2D eigenvalue weighted by Gasteiger charge is 2.17. The summed E-state index contributed by atoms with van der Waals surface area (Å²) in [5.41, 5.74) is 1.25. The summed E-state index contributed by atoms with van der Waals surface area (Å²) in [4.78, 5) is 11.7. The Balaban J connectivity index is 2.03. The number of nitrogens with zero attached hydrogens (tertiary/aromatic N) is 1. The smallest absolute Gasteiger partial charge is 0.408 e. The number of fused-ring (bicyclic) bond motifs is 1. The maximum absolute atomic E-state index is 12.5. The van der Waals surface area contributed by atoms with E-state index in [1.807, 2.05) is 6.92 Å². The molecule has 0 saturated carbocycles. The van der Waals surface area contributed by atoms with E-state index in [0.717, 1.165) is 4.47 Å². The van der Waals surface area contributed by atoms with Crippen molar-refractivity contribution in [1.29, 1.82) is 0 Å². The van der Waals surface area contributed by atoms with Crippen LogP contribution in [0.15, 0.2) is 61.0 Å². The van der Waals surface area contributed by atoms with Gasteiger partial charge in [-0.1, -0.05) is 22.0 Å². The Morgan fingerprint density at radius 2 is 2.00 bits per heavy atom. The number of hydrogen-bond donors (Lipinski definition) is 1. The van der Waals surface area contributed by atoms with E-state index in [0.29, 0.717) is 17.7 Å². The highest BCUT2D eigenvalue weighted by atomic mass is 79.9. The number of aryl methyl sites for hydroxylation is 1. The van der Waals surface area contributed by atoms with Crippen molar-refractivity contribution in [2.45, 2.75) is 18.4 Å². The number of rotatable bonds is 4. The Bertz CT molecular complexity index is 1040. The fraction of sp³-hybridized carbons (Fsp3) is 0.133. The molecule has 1 N–H and O–H groups in total. The lowest BCUT2D eigenvalue weighted by molar-refractivity contribution is 0.512. The van der Waals surface area contributed by atoms with Crippen molar-refractivity contribution in [3.63, 3.8) is 0 Å². The number of aromatic nitrogens is 1. The van der Waals surface area contributed by atoms with Crippen molar-refractivity contribution in [2.75, 3.05) is 4.72 Å². The molecule has 3 rings (SSSR count). The molecule has 1 aromatic heterocycles. The van der Waals surface area contributed by atoms with Crippen molar-refractivity contribution in [1.82, 2.24) is 4.57 Å². The summed E-state index contributed by atoms with van der Waals surface area (Å²) in [6, 6.07) is 11.2. The van der Waals surface area contributed by atoms with Crippen LogP contribution < -0.4 is 10.5 Å². The number of sulfonamides is 1. The topological polar surface area (TPSA) is 81.3 Å². The lowest BCUT2D eigenvalue weighted by Gasteiger charge is -2.08. The summed E-state index contributed by atoms with van der Waals surface area (Å²) in [5, 5.41) is 0. The van der Waals surface area contributed by atoms with Crippen LogP contribution >= 0.6 is 15.9 Å². The first-order valence-electron chi connectivity index (χ1n) is 6.82. The number of benzene rings is 2. The largest absolute Gasteiger partial charge is 0.419 e. The fourth-order valence-corrected chi connectivity index (χ4v) is 3.74. The Labute approximate surface area is 140 Å². The van der Waals surface area contributed by atoms with Gasteiger partial charge < -0.3 is 4.42 Å². The number of hydrogen-bond acceptors (Lipinski definition) is 4. The third-order valence-corrected chi connectivity index (χ3v) is 5.22. The zero-order chi connectivity index (χ0) is 16.6. The second-order valence-corrected chi connectivity index (χ2v) is 7.46. The average molecular weight is 397 g/mol. The molecule has 1 heterocycles. The van der Waals surface area contributed by atoms with E-state index < -0.39 is 15.8 Å². The van der Waals surface area contributed by atoms with Crippen LogP contribution in [0.25, 0.3) is 11.1 Å². The van der Waals surface area contributed by atoms with Crippen molar-refractivity contribution in [3.8, 4) is 0 Å². The molecule has 23 heavy (non-hydrogen) atoms. The summed E-state index contributed by atoms with van der Waals surface area (Å²) in [6.07, 6.45) is 0. The van der Waals surface area contributed by atoms with Gasteiger partial charge in [0, 0.05) is 22.8 Å². The molecule has 3 aromatic rings. The first-order valence-corrected chi connectivity index (χ1v) is 9.10. The molecule has 6 nitrogen and oxygen atoms in total. The van der Waals surface area contributed by atoms with E-state index in [1.165, 1.54) is 16.7 Å². The molecule has 0 saturated heterocycles. The van der Waals surface area contributed by atoms with E-state index in [2.05, 4.69) is 20.7 Å². The molecule has 0 aliphatic carbocycles. The minimum atomic E-state index is -3.77. The van der Waals surface area contributed by atoms with Gasteiger partial charge in [-0.05, 0) is 37.3 Å². The van der Waals surface area contributed by atoms with Crippen LogP contribution in [-0.4, -0.2) is 13.0 Å². The van der Waals surface area contributed by atoms with Gasteiger partial charge in [0.1, 0.15) is 0 Å². The molecule has 0 bridgehead atoms. The van der Waals surface area contributed by atoms with Crippen LogP contribution in [0.3, 0.4) is 0 Å². The van der Waals surface area contributed by atoms with E-state index >= 15 is 0 Å². The van der Waals surface area contributed by atoms with Crippen LogP contribution in [0.5, 0.6) is 0 Å². The minimum Gasteiger partial charge on any atom is -0.408 e. The number of nitrogens with one attached hydrogen (secondary N) is 1. The second kappa shape index (κ2) is 5.86. The van der Waals surface area contributed by atoms with Crippen molar-refractivity contribution < 1.29 is 12.8 Å². The van der Waals surface area contributed by atoms with Gasteiger partial charge in [0.05, 0.1) is 10.4 Å². The summed E-state index contributed by atoms with van der Waals surface area (Å²) in [6.45, 7) is 2.27. The van der Waals surface area contributed by atoms with E-state index in [4.69, 9.17) is 4.42 Å². The lowest BCUT2D eigenvalue weighted by atomic mass is 10.3. The molecular weight excluding hydrogens is 384 g/mol. The summed E-state index contributed by atoms with van der Waals surface area (Å²) in [7, 11) is -3.77. The third kappa shape index (κ3) is 3.04. The van der Waals surface area contributed by atoms with Crippen molar-refractivity contribution in [3.05, 3.63) is 57.5 Å². The Hall–Kier alpha value is -2.06. The van der Waals surface area contributed by atoms with Crippen LogP contribution in [-0.2, 0) is 16.6 Å². The molecule has 0 aliphatic heterocycles. The fourth-order valence-electron chi connectivity index (χ4n) is 2.28. The Morgan fingerprint density at radius 3 is 2.70 bits per heavy atom. The zero-order valence-electron chi connectivity index (χ0n) is 12.1. The molecule has 0 fully saturated rings. The van der Waals surface area contributed by atoms with Crippen molar-refractivity contribution >= 4 is 42.7 Å². The molecule has 0 spiro atoms. The van der Waals surface area contributed by atoms with Crippen LogP contribution in [0, 0.1) is 0 Å². The van der Waals surface area contributed by atoms with Crippen LogP contribution in [0.4, 0.5) is 5.69 Å². The minimum absolute atomic E-state index is 0.0296. The van der Waals surface area contributed by atoms with E-state index in [-0.39, 0.29) is 10.5 Å². The monoisotopic (exact) mass is 396 g/mol. The molecule has 0 unspecified atom stereocenters. The molecule has 2 aromatic carbocycles. The average Bonchev–Trinajstić information content (AvgIpc) is 2.80. The van der Waals surface area contributed by atoms with Gasteiger partial charge in [-0.25, -0.2) is 13.2 Å². The predicted molar refractivity (Wildman–Crippen MR) is 91.1 cm³/mol. The molecule has 8 heteroatoms. The predicted octanol–water partition coefficient (Wildman–Crippen LogP) is 3.18. The van der Waals surface area contributed by atoms with Gasteiger partial charge in [0.2, 0.25) is 0 Å². The quantitative estimate of drug-likeness (QED) is 0.733. The maximum atomic E-state index is 12.5. The Kier molecular flexibility index (Phi) is 4.03. The second-order valence-electron chi connectivity index (χ2n) is 4.86. The first kappa shape index (κ1) is 15.8. The van der Waals surface area contributed by atoms with E-state index in [1.54, 1.807) is 30.3 Å². The highest BCUT2D eigenvalue weighted by molar-refractivity contribution is 9.10. The molecule has 0 aliphatic rings. The van der Waals surface area contributed by atoms with Gasteiger partial charge in [0.25, 0.3) is 10.0 Å². The first-order chi connectivity index (χ1) is 10.9. The molecule has 0 atom stereocenters. The summed E-state index contributed by atoms with van der Waals surface area (Å²) in [5.74, 6) is -0.503. The highest BCUT2D eigenvalue weighted by Crippen LogP contribution is 2.22. The summed E-state index contributed by atoms with van der Waals surface area (Å²) >= 11 is 3.29. The Morgan fingerprint density at radius 1 is 1.22 bits per heavy atom. The van der Waals surface area contributed by atoms with E-state index in [9.17, 15) is 13.2 Å². The van der Waals surface area contributed by atoms with Crippen LogP contribution in [0.2, 0.25) is 0 Å². The maximum Gasteiger partial charge on any atom is 0.419 e. The normalized spacial score (nSPS) is 11.7. The lowest BCUT2D eigenvalue weighted by Crippen LogP contribution is -2.13. The number of anilines is 1. The van der Waals surface area contributed by atoms with Gasteiger partial charge in [-0.3, -0.25) is 9.29 Å². The number of halogens is 1. The standard InChI is InChI=1S/C15H13BrN2O4S/c1-2-18-13-7-6-12(9-14(13)22-15(18)19)23(20,21)17-11-5-3-4-10(16)8-11/h3-9,17H,2H2,1H3. The molecule has 0 radical (unpaired) electrons.